The van der Waals surface area contributed by atoms with Crippen molar-refractivity contribution in [2.75, 3.05) is 7.11 Å². The number of ether oxygens (including phenoxy) is 1. The molecule has 1 fully saturated rings. The quantitative estimate of drug-likeness (QED) is 0.324. The van der Waals surface area contributed by atoms with Gasteiger partial charge in [0.15, 0.2) is 13.7 Å². The number of methoxy groups -OCH3 is 1. The van der Waals surface area contributed by atoms with Crippen LogP contribution >= 0.6 is 0 Å². The molecule has 7 nitrogen and oxygen atoms in total. The Kier molecular flexibility index (Phi) is 5.12. The maximum Gasteiger partial charge on any atom is 0.420 e. The lowest BCUT2D eigenvalue weighted by Gasteiger charge is -2.43. The second kappa shape index (κ2) is 7.79. The molecule has 0 unspecified atom stereocenters. The molecule has 11 heteroatoms. The van der Waals surface area contributed by atoms with Crippen LogP contribution in [-0.4, -0.2) is 40.9 Å². The molecule has 1 aliphatic rings. The van der Waals surface area contributed by atoms with Crippen LogP contribution in [0.25, 0.3) is 22.6 Å². The average Bonchev–Trinajstić information content (AvgIpc) is 3.41. The molecule has 0 atom stereocenters. The van der Waals surface area contributed by atoms with Crippen LogP contribution < -0.4 is 10.6 Å². The summed E-state index contributed by atoms with van der Waals surface area (Å²) < 4.78 is 53.4. The summed E-state index contributed by atoms with van der Waals surface area (Å²) in [5, 5.41) is 9.57. The van der Waals surface area contributed by atoms with E-state index in [0.29, 0.717) is 11.5 Å². The second-order valence-electron chi connectivity index (χ2n) is 8.82. The van der Waals surface area contributed by atoms with E-state index in [1.165, 1.54) is 6.07 Å². The molecule has 0 bridgehead atoms. The molecule has 34 heavy (non-hydrogen) atoms. The molecule has 5 rings (SSSR count). The van der Waals surface area contributed by atoms with Crippen LogP contribution in [0.15, 0.2) is 47.1 Å². The number of nitrogens with zero attached hydrogens (tertiary/aromatic N) is 4. The Labute approximate surface area is 193 Å². The van der Waals surface area contributed by atoms with Crippen LogP contribution in [0.3, 0.4) is 0 Å². The van der Waals surface area contributed by atoms with E-state index < -0.39 is 31.4 Å². The van der Waals surface area contributed by atoms with Gasteiger partial charge >= 0.3 is 12.1 Å². The molecular formula is C23H21F3N4O3Si. The predicted molar refractivity (Wildman–Crippen MR) is 121 cm³/mol. The Bertz CT molecular complexity index is 1410. The van der Waals surface area contributed by atoms with Gasteiger partial charge in [-0.1, -0.05) is 19.1 Å². The maximum absolute atomic E-state index is 13.7. The third-order valence-corrected chi connectivity index (χ3v) is 11.9. The van der Waals surface area contributed by atoms with Crippen molar-refractivity contribution in [2.24, 2.45) is 13.0 Å². The van der Waals surface area contributed by atoms with Crippen molar-refractivity contribution in [1.29, 1.82) is 0 Å². The van der Waals surface area contributed by atoms with Crippen LogP contribution in [-0.2, 0) is 18.0 Å². The summed E-state index contributed by atoms with van der Waals surface area (Å²) in [4.78, 5) is 16.2. The number of carbonyl (C=O) groups excluding carboxylic acids is 1. The first-order valence-electron chi connectivity index (χ1n) is 10.7. The van der Waals surface area contributed by atoms with Gasteiger partial charge in [-0.15, -0.1) is 10.2 Å². The summed E-state index contributed by atoms with van der Waals surface area (Å²) in [5.41, 5.74) is -0.255. The second-order valence-corrected chi connectivity index (χ2v) is 12.8. The number of alkyl halides is 3. The van der Waals surface area contributed by atoms with Crippen LogP contribution in [0.4, 0.5) is 13.2 Å². The van der Waals surface area contributed by atoms with E-state index in [-0.39, 0.29) is 17.0 Å². The molecule has 2 aromatic carbocycles. The fourth-order valence-electron chi connectivity index (χ4n) is 4.95. The fraction of sp³-hybridized carbons (Fsp3) is 0.304. The maximum atomic E-state index is 13.7. The zero-order valence-electron chi connectivity index (χ0n) is 18.7. The van der Waals surface area contributed by atoms with Gasteiger partial charge in [0.2, 0.25) is 5.89 Å². The summed E-state index contributed by atoms with van der Waals surface area (Å²) in [7, 11) is 0.890. The third-order valence-electron chi connectivity index (χ3n) is 6.41. The van der Waals surface area contributed by atoms with Gasteiger partial charge in [0.25, 0.3) is 0 Å². The first kappa shape index (κ1) is 22.3. The van der Waals surface area contributed by atoms with E-state index in [4.69, 9.17) is 4.42 Å². The van der Waals surface area contributed by atoms with Crippen molar-refractivity contribution >= 4 is 35.8 Å². The van der Waals surface area contributed by atoms with E-state index >= 15 is 0 Å². The Morgan fingerprint density at radius 2 is 2.00 bits per heavy atom. The average molecular weight is 487 g/mol. The van der Waals surface area contributed by atoms with Crippen LogP contribution in [0.1, 0.15) is 22.8 Å². The Morgan fingerprint density at radius 3 is 2.62 bits per heavy atom. The number of benzene rings is 2. The Hall–Kier alpha value is -3.47. The molecule has 0 spiro atoms. The minimum absolute atomic E-state index is 0.0545. The van der Waals surface area contributed by atoms with Crippen molar-refractivity contribution in [1.82, 2.24) is 19.7 Å². The van der Waals surface area contributed by atoms with E-state index in [0.717, 1.165) is 35.9 Å². The highest BCUT2D eigenvalue weighted by Gasteiger charge is 2.51. The number of hydrogen-bond acceptors (Lipinski definition) is 6. The number of carbonyl (C=O) groups is 1. The molecule has 0 aliphatic carbocycles. The number of fused-ring (bicyclic) bond motifs is 1. The molecule has 3 heterocycles. The first-order chi connectivity index (χ1) is 16.1. The lowest BCUT2D eigenvalue weighted by atomic mass is 10.1. The third kappa shape index (κ3) is 3.51. The summed E-state index contributed by atoms with van der Waals surface area (Å²) >= 11 is 0. The Balaban J connectivity index is 1.64. The zero-order valence-corrected chi connectivity index (χ0v) is 19.7. The standard InChI is InChI=1S/C23H21F3N4O3Si/c1-13-10-34(11-13,22-29-27-12-30(22)2)16-6-4-5-14(7-16)20-28-18-9-15(21(31)32-3)8-17(19(18)33-20)23(24,25)26/h4-9,12-13H,10-11H2,1-3H3. The van der Waals surface area contributed by atoms with E-state index in [1.807, 2.05) is 29.8 Å². The smallest absolute Gasteiger partial charge is 0.420 e. The Morgan fingerprint density at radius 1 is 1.24 bits per heavy atom. The molecule has 1 saturated heterocycles. The van der Waals surface area contributed by atoms with E-state index in [1.54, 1.807) is 12.4 Å². The van der Waals surface area contributed by atoms with Crippen LogP contribution in [0, 0.1) is 5.92 Å². The summed E-state index contributed by atoms with van der Waals surface area (Å²) in [5.74, 6) is -0.268. The number of aryl methyl sites for hydroxylation is 1. The monoisotopic (exact) mass is 486 g/mol. The van der Waals surface area contributed by atoms with E-state index in [2.05, 4.69) is 26.8 Å². The van der Waals surface area contributed by atoms with Crippen LogP contribution in [0.5, 0.6) is 0 Å². The van der Waals surface area contributed by atoms with Crippen molar-refractivity contribution in [3.05, 3.63) is 53.9 Å². The van der Waals surface area contributed by atoms with E-state index in [9.17, 15) is 18.0 Å². The van der Waals surface area contributed by atoms with Gasteiger partial charge in [0.1, 0.15) is 22.9 Å². The van der Waals surface area contributed by atoms with Crippen LogP contribution in [0.2, 0.25) is 12.1 Å². The van der Waals surface area contributed by atoms with Gasteiger partial charge in [-0.05, 0) is 47.5 Å². The summed E-state index contributed by atoms with van der Waals surface area (Å²) in [6.45, 7) is 2.20. The predicted octanol–water partition coefficient (Wildman–Crippen LogP) is 3.64. The SMILES string of the molecule is COC(=O)c1cc(C(F)(F)F)c2oc(-c3cccc([Si]4(c5nncn5C)CC(C)C4)c3)nc2c1. The topological polar surface area (TPSA) is 83.0 Å². The first-order valence-corrected chi connectivity index (χ1v) is 13.1. The summed E-state index contributed by atoms with van der Waals surface area (Å²) in [6.07, 6.45) is -3.04. The molecule has 176 valence electrons. The lowest BCUT2D eigenvalue weighted by Crippen LogP contribution is -2.68. The molecule has 1 aliphatic heterocycles. The van der Waals surface area contributed by atoms with Gasteiger partial charge in [-0.2, -0.15) is 13.2 Å². The minimum Gasteiger partial charge on any atom is -0.465 e. The molecule has 0 radical (unpaired) electrons. The summed E-state index contributed by atoms with van der Waals surface area (Å²) in [6, 6.07) is 11.6. The van der Waals surface area contributed by atoms with Gasteiger partial charge in [0, 0.05) is 12.6 Å². The number of esters is 1. The zero-order chi connectivity index (χ0) is 24.3. The van der Waals surface area contributed by atoms with Gasteiger partial charge < -0.3 is 13.7 Å². The van der Waals surface area contributed by atoms with Crippen molar-refractivity contribution in [3.63, 3.8) is 0 Å². The fourth-order valence-corrected chi connectivity index (χ4v) is 10.1. The number of rotatable bonds is 4. The highest BCUT2D eigenvalue weighted by molar-refractivity contribution is 7.03. The van der Waals surface area contributed by atoms with Crippen molar-refractivity contribution in [2.45, 2.75) is 25.2 Å². The number of hydrogen-bond donors (Lipinski definition) is 0. The van der Waals surface area contributed by atoms with Gasteiger partial charge in [-0.3, -0.25) is 0 Å². The van der Waals surface area contributed by atoms with Crippen molar-refractivity contribution in [3.8, 4) is 11.5 Å². The molecule has 2 aromatic heterocycles. The minimum atomic E-state index is -4.73. The number of oxazole rings is 1. The molecule has 4 aromatic rings. The molecule has 0 N–H and O–H groups in total. The molecule has 0 amide bonds. The largest absolute Gasteiger partial charge is 0.465 e. The number of halogens is 3. The lowest BCUT2D eigenvalue weighted by molar-refractivity contribution is -0.136. The van der Waals surface area contributed by atoms with Gasteiger partial charge in [0.05, 0.1) is 12.7 Å². The van der Waals surface area contributed by atoms with Crippen molar-refractivity contribution < 1.29 is 27.1 Å². The molecule has 0 saturated carbocycles. The molecular weight excluding hydrogens is 465 g/mol. The normalized spacial score (nSPS) is 20.4. The van der Waals surface area contributed by atoms with Gasteiger partial charge in [-0.25, -0.2) is 9.78 Å². The number of aromatic nitrogens is 4. The highest BCUT2D eigenvalue weighted by atomic mass is 28.3. The highest BCUT2D eigenvalue weighted by Crippen LogP contribution is 2.39.